The molecule has 142 valence electrons. The highest BCUT2D eigenvalue weighted by molar-refractivity contribution is 6.33. The quantitative estimate of drug-likeness (QED) is 0.406. The number of anilines is 2. The van der Waals surface area contributed by atoms with Crippen LogP contribution in [0.3, 0.4) is 0 Å². The van der Waals surface area contributed by atoms with Crippen molar-refractivity contribution in [3.63, 3.8) is 0 Å². The van der Waals surface area contributed by atoms with E-state index in [4.69, 9.17) is 26.3 Å². The molecule has 0 saturated carbocycles. The van der Waals surface area contributed by atoms with E-state index in [1.165, 1.54) is 0 Å². The van der Waals surface area contributed by atoms with Crippen LogP contribution < -0.4 is 10.1 Å². The van der Waals surface area contributed by atoms with Gasteiger partial charge in [-0.1, -0.05) is 35.9 Å². The van der Waals surface area contributed by atoms with Gasteiger partial charge in [-0.3, -0.25) is 0 Å². The number of hydrogen-bond donors (Lipinski definition) is 1. The first-order valence-electron chi connectivity index (χ1n) is 8.76. The van der Waals surface area contributed by atoms with E-state index in [9.17, 15) is 0 Å². The van der Waals surface area contributed by atoms with Crippen molar-refractivity contribution in [2.75, 3.05) is 11.9 Å². The summed E-state index contributed by atoms with van der Waals surface area (Å²) in [4.78, 5) is 9.44. The molecule has 0 radical (unpaired) electrons. The molecule has 0 aliphatic heterocycles. The third-order valence-corrected chi connectivity index (χ3v) is 4.48. The van der Waals surface area contributed by atoms with E-state index >= 15 is 0 Å². The predicted molar refractivity (Wildman–Crippen MR) is 118 cm³/mol. The zero-order valence-electron chi connectivity index (χ0n) is 15.2. The molecule has 0 fully saturated rings. The Kier molecular flexibility index (Phi) is 6.34. The van der Waals surface area contributed by atoms with Gasteiger partial charge < -0.3 is 10.1 Å². The highest BCUT2D eigenvalue weighted by Gasteiger charge is 2.12. The van der Waals surface area contributed by atoms with Crippen LogP contribution in [0, 0.1) is 0 Å². The molecule has 1 aromatic heterocycles. The van der Waals surface area contributed by atoms with E-state index in [2.05, 4.69) is 5.32 Å². The number of fused-ring (bicyclic) bond motifs is 1. The SMILES string of the molecule is CCOc1ccc(Nc2nc(-c3ccccc3Cl)nc3ccccc23)cc1.Cl. The fourth-order valence-electron chi connectivity index (χ4n) is 2.87. The van der Waals surface area contributed by atoms with Gasteiger partial charge in [0, 0.05) is 16.6 Å². The molecule has 0 unspecified atom stereocenters. The van der Waals surface area contributed by atoms with Gasteiger partial charge in [0.1, 0.15) is 11.6 Å². The Morgan fingerprint density at radius 2 is 1.61 bits per heavy atom. The first-order valence-corrected chi connectivity index (χ1v) is 9.14. The molecule has 4 aromatic rings. The summed E-state index contributed by atoms with van der Waals surface area (Å²) in [6.07, 6.45) is 0. The van der Waals surface area contributed by atoms with E-state index in [0.29, 0.717) is 17.5 Å². The maximum atomic E-state index is 6.36. The summed E-state index contributed by atoms with van der Waals surface area (Å²) in [5, 5.41) is 4.97. The van der Waals surface area contributed by atoms with Crippen LogP contribution in [0.2, 0.25) is 5.02 Å². The Balaban J connectivity index is 0.00000225. The summed E-state index contributed by atoms with van der Waals surface area (Å²) >= 11 is 6.36. The maximum absolute atomic E-state index is 6.36. The minimum Gasteiger partial charge on any atom is -0.494 e. The summed E-state index contributed by atoms with van der Waals surface area (Å²) in [6, 6.07) is 23.3. The minimum atomic E-state index is 0. The van der Waals surface area contributed by atoms with Crippen molar-refractivity contribution >= 4 is 46.4 Å². The zero-order valence-corrected chi connectivity index (χ0v) is 16.8. The first-order chi connectivity index (χ1) is 13.2. The summed E-state index contributed by atoms with van der Waals surface area (Å²) in [5.74, 6) is 2.17. The van der Waals surface area contributed by atoms with Crippen LogP contribution in [0.25, 0.3) is 22.3 Å². The van der Waals surface area contributed by atoms with Crippen LogP contribution in [0.5, 0.6) is 5.75 Å². The van der Waals surface area contributed by atoms with E-state index in [1.54, 1.807) is 0 Å². The van der Waals surface area contributed by atoms with Crippen molar-refractivity contribution in [1.82, 2.24) is 9.97 Å². The molecule has 0 spiro atoms. The third kappa shape index (κ3) is 4.19. The molecule has 3 aromatic carbocycles. The molecule has 0 amide bonds. The van der Waals surface area contributed by atoms with Gasteiger partial charge >= 0.3 is 0 Å². The van der Waals surface area contributed by atoms with Gasteiger partial charge in [0.25, 0.3) is 0 Å². The molecular formula is C22H19Cl2N3O. The molecule has 0 aliphatic carbocycles. The van der Waals surface area contributed by atoms with Crippen LogP contribution in [-0.2, 0) is 0 Å². The zero-order chi connectivity index (χ0) is 18.6. The average molecular weight is 412 g/mol. The molecule has 0 bridgehead atoms. The Bertz CT molecular complexity index is 1080. The highest BCUT2D eigenvalue weighted by Crippen LogP contribution is 2.30. The lowest BCUT2D eigenvalue weighted by Gasteiger charge is -2.12. The normalized spacial score (nSPS) is 10.4. The number of halogens is 2. The Hall–Kier alpha value is -2.82. The van der Waals surface area contributed by atoms with Crippen molar-refractivity contribution < 1.29 is 4.74 Å². The predicted octanol–water partition coefficient (Wildman–Crippen LogP) is 6.51. The Morgan fingerprint density at radius 3 is 2.36 bits per heavy atom. The van der Waals surface area contributed by atoms with Gasteiger partial charge in [0.05, 0.1) is 17.1 Å². The third-order valence-electron chi connectivity index (χ3n) is 4.15. The van der Waals surface area contributed by atoms with E-state index in [-0.39, 0.29) is 12.4 Å². The largest absolute Gasteiger partial charge is 0.494 e. The molecular weight excluding hydrogens is 393 g/mol. The molecule has 0 aliphatic rings. The molecule has 4 nitrogen and oxygen atoms in total. The number of nitrogens with one attached hydrogen (secondary N) is 1. The molecule has 28 heavy (non-hydrogen) atoms. The number of para-hydroxylation sites is 1. The topological polar surface area (TPSA) is 47.0 Å². The summed E-state index contributed by atoms with van der Waals surface area (Å²) < 4.78 is 5.50. The maximum Gasteiger partial charge on any atom is 0.163 e. The first kappa shape index (κ1) is 19.9. The number of aromatic nitrogens is 2. The number of benzene rings is 3. The molecule has 1 N–H and O–H groups in total. The van der Waals surface area contributed by atoms with Crippen LogP contribution in [0.15, 0.2) is 72.8 Å². The number of rotatable bonds is 5. The van der Waals surface area contributed by atoms with E-state index in [0.717, 1.165) is 33.7 Å². The van der Waals surface area contributed by atoms with Crippen LogP contribution >= 0.6 is 24.0 Å². The number of ether oxygens (including phenoxy) is 1. The Labute approximate surface area is 175 Å². The van der Waals surface area contributed by atoms with E-state index < -0.39 is 0 Å². The second kappa shape index (κ2) is 8.91. The number of hydrogen-bond acceptors (Lipinski definition) is 4. The smallest absolute Gasteiger partial charge is 0.163 e. The van der Waals surface area contributed by atoms with Gasteiger partial charge in [0.15, 0.2) is 5.82 Å². The monoisotopic (exact) mass is 411 g/mol. The summed E-state index contributed by atoms with van der Waals surface area (Å²) in [7, 11) is 0. The fourth-order valence-corrected chi connectivity index (χ4v) is 3.09. The van der Waals surface area contributed by atoms with Crippen molar-refractivity contribution in [1.29, 1.82) is 0 Å². The molecule has 1 heterocycles. The lowest BCUT2D eigenvalue weighted by molar-refractivity contribution is 0.340. The van der Waals surface area contributed by atoms with Gasteiger partial charge in [-0.2, -0.15) is 0 Å². The molecule has 4 rings (SSSR count). The second-order valence-corrected chi connectivity index (χ2v) is 6.38. The molecule has 0 atom stereocenters. The fraction of sp³-hybridized carbons (Fsp3) is 0.0909. The number of nitrogens with zero attached hydrogens (tertiary/aromatic N) is 2. The van der Waals surface area contributed by atoms with Crippen molar-refractivity contribution in [2.45, 2.75) is 6.92 Å². The second-order valence-electron chi connectivity index (χ2n) is 5.98. The van der Waals surface area contributed by atoms with Crippen LogP contribution in [0.1, 0.15) is 6.92 Å². The van der Waals surface area contributed by atoms with Gasteiger partial charge in [-0.25, -0.2) is 9.97 Å². The standard InChI is InChI=1S/C22H18ClN3O.ClH/c1-2-27-16-13-11-15(12-14-16)24-22-18-8-4-6-10-20(18)25-21(26-22)17-7-3-5-9-19(17)23;/h3-14H,2H2,1H3,(H,24,25,26);1H. The average Bonchev–Trinajstić information content (AvgIpc) is 2.70. The minimum absolute atomic E-state index is 0. The van der Waals surface area contributed by atoms with Gasteiger partial charge in [-0.15, -0.1) is 12.4 Å². The van der Waals surface area contributed by atoms with Crippen LogP contribution in [-0.4, -0.2) is 16.6 Å². The lowest BCUT2D eigenvalue weighted by atomic mass is 10.1. The van der Waals surface area contributed by atoms with Crippen molar-refractivity contribution in [2.24, 2.45) is 0 Å². The highest BCUT2D eigenvalue weighted by atomic mass is 35.5. The van der Waals surface area contributed by atoms with Crippen molar-refractivity contribution in [3.05, 3.63) is 77.8 Å². The van der Waals surface area contributed by atoms with Crippen molar-refractivity contribution in [3.8, 4) is 17.1 Å². The summed E-state index contributed by atoms with van der Waals surface area (Å²) in [6.45, 7) is 2.61. The Morgan fingerprint density at radius 1 is 0.893 bits per heavy atom. The van der Waals surface area contributed by atoms with Crippen LogP contribution in [0.4, 0.5) is 11.5 Å². The molecule has 0 saturated heterocycles. The lowest BCUT2D eigenvalue weighted by Crippen LogP contribution is -2.00. The van der Waals surface area contributed by atoms with E-state index in [1.807, 2.05) is 79.7 Å². The van der Waals surface area contributed by atoms with Gasteiger partial charge in [0.2, 0.25) is 0 Å². The summed E-state index contributed by atoms with van der Waals surface area (Å²) in [5.41, 5.74) is 2.59. The molecule has 6 heteroatoms. The van der Waals surface area contributed by atoms with Gasteiger partial charge in [-0.05, 0) is 55.5 Å².